The Balaban J connectivity index is 0.000000383. The van der Waals surface area contributed by atoms with E-state index >= 15 is 0 Å². The van der Waals surface area contributed by atoms with Gasteiger partial charge < -0.3 is 16.2 Å². The Morgan fingerprint density at radius 3 is 1.67 bits per heavy atom. The van der Waals surface area contributed by atoms with E-state index in [-0.39, 0.29) is 54.6 Å². The van der Waals surface area contributed by atoms with Gasteiger partial charge in [0.15, 0.2) is 0 Å². The number of hydrogen-bond acceptors (Lipinski definition) is 5. The van der Waals surface area contributed by atoms with Gasteiger partial charge in [0.1, 0.15) is 11.6 Å². The molecule has 4 N–H and O–H groups in total. The Hall–Kier alpha value is -1.16. The van der Waals surface area contributed by atoms with E-state index in [0.717, 1.165) is 21.8 Å². The molecule has 4 aromatic carbocycles. The minimum Gasteiger partial charge on any atom is -0.478 e. The summed E-state index contributed by atoms with van der Waals surface area (Å²) in [4.78, 5) is 31.1. The van der Waals surface area contributed by atoms with Gasteiger partial charge >= 0.3 is 56.5 Å². The Morgan fingerprint density at radius 2 is 1.20 bits per heavy atom. The number of pyridine rings is 2. The van der Waals surface area contributed by atoms with Gasteiger partial charge in [0.05, 0.1) is 16.6 Å². The molecule has 0 saturated carbocycles. The topological polar surface area (TPSA) is 118 Å². The Morgan fingerprint density at radius 1 is 0.745 bits per heavy atom. The van der Waals surface area contributed by atoms with Crippen molar-refractivity contribution in [2.45, 2.75) is 26.9 Å². The maximum Gasteiger partial charge on any atom is 0.335 e. The predicted octanol–water partition coefficient (Wildman–Crippen LogP) is 8.30. The van der Waals surface area contributed by atoms with Crippen LogP contribution in [-0.4, -0.2) is 27.0 Å². The summed E-state index contributed by atoms with van der Waals surface area (Å²) in [6, 6.07) is 27.9. The number of rotatable bonds is 5. The van der Waals surface area contributed by atoms with Crippen LogP contribution in [0.4, 0.5) is 8.78 Å². The van der Waals surface area contributed by atoms with Crippen LogP contribution in [0.15, 0.2) is 109 Å². The number of benzene rings is 4. The van der Waals surface area contributed by atoms with Crippen LogP contribution in [0.5, 0.6) is 0 Å². The molecule has 0 aliphatic carbocycles. The standard InChI is InChI=1S/C18H15FN2O.C10H7NO2.C8H10FN.I3.I2.HI/c1-12-4-2-5-15(17(12)19)11-21-18(22)14-7-8-16-13(10-14)6-3-9-20-16;12-10(13)8-3-4-9-7(6-8)2-1-5-11-9;1-6-3-2-4-7(5-10)8(6)9;1-3-2;1-2;/h2-10H,11H2,1H3,(H,21,22);1-6H,(H,12,13);2-4H,5,10H2,1H3;;;1H/q;;;-1;;. The Bertz CT molecular complexity index is 2010. The number of amides is 1. The summed E-state index contributed by atoms with van der Waals surface area (Å²) < 4.78 is 26.8. The second-order valence-electron chi connectivity index (χ2n) is 10.2. The maximum atomic E-state index is 13.9. The zero-order valence-electron chi connectivity index (χ0n) is 27.1. The molecule has 2 heterocycles. The number of halogens is 8. The van der Waals surface area contributed by atoms with Crippen LogP contribution in [-0.2, 0) is 13.1 Å². The van der Waals surface area contributed by atoms with E-state index < -0.39 is 5.97 Å². The van der Waals surface area contributed by atoms with Gasteiger partial charge in [-0.1, -0.05) is 48.5 Å². The minimum absolute atomic E-state index is 0. The van der Waals surface area contributed by atoms with Crippen LogP contribution in [0.25, 0.3) is 21.8 Å². The van der Waals surface area contributed by atoms with E-state index in [9.17, 15) is 18.4 Å². The summed E-state index contributed by atoms with van der Waals surface area (Å²) in [5.41, 5.74) is 10.1. The monoisotopic (exact) mass is 1370 g/mol. The van der Waals surface area contributed by atoms with Crippen LogP contribution in [0, 0.1) is 25.5 Å². The fraction of sp³-hybridized carbons (Fsp3) is 0.111. The predicted molar refractivity (Wildman–Crippen MR) is 243 cm³/mol. The summed E-state index contributed by atoms with van der Waals surface area (Å²) in [5, 5.41) is 13.2. The molecule has 2 aromatic heterocycles. The van der Waals surface area contributed by atoms with Gasteiger partial charge in [-0.15, -0.1) is 24.0 Å². The smallest absolute Gasteiger partial charge is 0.335 e. The third-order valence-electron chi connectivity index (χ3n) is 6.92. The molecule has 272 valence electrons. The molecule has 0 fully saturated rings. The van der Waals surface area contributed by atoms with Crippen molar-refractivity contribution >= 4 is 132 Å². The average molecular weight is 1370 g/mol. The van der Waals surface area contributed by atoms with Crippen molar-refractivity contribution < 1.29 is 36.7 Å². The maximum absolute atomic E-state index is 13.9. The van der Waals surface area contributed by atoms with E-state index in [1.807, 2.05) is 18.2 Å². The largest absolute Gasteiger partial charge is 0.478 e. The Kier molecular flexibility index (Phi) is 25.0. The normalized spacial score (nSPS) is 9.67. The van der Waals surface area contributed by atoms with Gasteiger partial charge in [0, 0.05) is 90.2 Å². The molecule has 15 heteroatoms. The molecule has 7 nitrogen and oxygen atoms in total. The van der Waals surface area contributed by atoms with Crippen molar-refractivity contribution in [2.24, 2.45) is 5.73 Å². The number of nitrogens with one attached hydrogen (secondary N) is 1. The molecule has 0 aliphatic heterocycles. The van der Waals surface area contributed by atoms with Gasteiger partial charge in [-0.25, -0.2) is 13.6 Å². The zero-order chi connectivity index (χ0) is 37.1. The molecular weight excluding hydrogens is 1340 g/mol. The SMILES string of the molecule is Cc1cccc(CN)c1F.Cc1cccc(CNC(=O)c2ccc3ncccc3c2)c1F.I.II.I[I-]I.O=C(O)c1ccc2ncccc2c1. The minimum atomic E-state index is -0.911. The summed E-state index contributed by atoms with van der Waals surface area (Å²) in [6.07, 6.45) is 3.39. The first-order valence-corrected chi connectivity index (χ1v) is 33.4. The van der Waals surface area contributed by atoms with Gasteiger partial charge in [0.2, 0.25) is 0 Å². The Labute approximate surface area is 366 Å². The number of aromatic nitrogens is 2. The number of fused-ring (bicyclic) bond motifs is 2. The number of hydrogen-bond donors (Lipinski definition) is 3. The molecule has 6 rings (SSSR count). The molecule has 0 unspecified atom stereocenters. The van der Waals surface area contributed by atoms with E-state index in [0.29, 0.717) is 46.6 Å². The number of carboxylic acids is 1. The molecule has 0 radical (unpaired) electrons. The number of nitrogens with two attached hydrogens (primary N) is 1. The summed E-state index contributed by atoms with van der Waals surface area (Å²) >= 11 is 9.54. The van der Waals surface area contributed by atoms with Crippen LogP contribution in [0.1, 0.15) is 43.0 Å². The zero-order valence-corrected chi connectivity index (χ0v) is 40.2. The first-order valence-electron chi connectivity index (χ1n) is 14.5. The number of carbonyl (C=O) groups is 2. The van der Waals surface area contributed by atoms with Crippen LogP contribution in [0.3, 0.4) is 0 Å². The second-order valence-corrected chi connectivity index (χ2v) is 26.4. The number of nitrogens with zero attached hydrogens (tertiary/aromatic N) is 2. The fourth-order valence-electron chi connectivity index (χ4n) is 4.41. The molecule has 0 saturated heterocycles. The quantitative estimate of drug-likeness (QED) is 0.150. The fourth-order valence-corrected chi connectivity index (χ4v) is 4.41. The summed E-state index contributed by atoms with van der Waals surface area (Å²) in [6.45, 7) is 3.87. The van der Waals surface area contributed by atoms with Gasteiger partial charge in [-0.2, -0.15) is 0 Å². The molecule has 0 atom stereocenters. The van der Waals surface area contributed by atoms with Gasteiger partial charge in [0.25, 0.3) is 5.91 Å². The first-order chi connectivity index (χ1) is 24.1. The number of carbonyl (C=O) groups excluding carboxylic acids is 1. The van der Waals surface area contributed by atoms with E-state index in [4.69, 9.17) is 10.8 Å². The van der Waals surface area contributed by atoms with Gasteiger partial charge in [-0.3, -0.25) is 14.8 Å². The second kappa shape index (κ2) is 26.6. The third kappa shape index (κ3) is 16.0. The van der Waals surface area contributed by atoms with Crippen molar-refractivity contribution in [3.05, 3.63) is 154 Å². The van der Waals surface area contributed by atoms with Crippen molar-refractivity contribution in [2.75, 3.05) is 0 Å². The first kappa shape index (κ1) is 47.9. The molecule has 51 heavy (non-hydrogen) atoms. The molecule has 1 amide bonds. The van der Waals surface area contributed by atoms with E-state index in [1.165, 1.54) is 0 Å². The molecule has 0 aliphatic rings. The average Bonchev–Trinajstić information content (AvgIpc) is 3.14. The van der Waals surface area contributed by atoms with E-state index in [2.05, 4.69) is 89.7 Å². The molecule has 0 spiro atoms. The van der Waals surface area contributed by atoms with E-state index in [1.54, 1.807) is 105 Å². The summed E-state index contributed by atoms with van der Waals surface area (Å²) in [5.74, 6) is -1.59. The number of aromatic carboxylic acids is 1. The van der Waals surface area contributed by atoms with Crippen LogP contribution < -0.4 is 24.3 Å². The third-order valence-corrected chi connectivity index (χ3v) is 6.92. The van der Waals surface area contributed by atoms with Gasteiger partial charge in [-0.05, 0) is 73.5 Å². The van der Waals surface area contributed by atoms with Crippen LogP contribution >= 0.6 is 98.4 Å². The van der Waals surface area contributed by atoms with Crippen LogP contribution in [0.2, 0.25) is 0 Å². The van der Waals surface area contributed by atoms with Crippen molar-refractivity contribution in [3.63, 3.8) is 0 Å². The molecular formula is C36H33F2I6N4O3-. The van der Waals surface area contributed by atoms with Crippen molar-refractivity contribution in [1.82, 2.24) is 15.3 Å². The summed E-state index contributed by atoms with van der Waals surface area (Å²) in [7, 11) is 0. The molecule has 0 bridgehead atoms. The van der Waals surface area contributed by atoms with Crippen molar-refractivity contribution in [1.29, 1.82) is 0 Å². The number of carboxylic acid groups (broad SMARTS) is 1. The van der Waals surface area contributed by atoms with Crippen molar-refractivity contribution in [3.8, 4) is 0 Å². The molecule has 6 aromatic rings. The number of aryl methyl sites for hydroxylation is 2.